The fourth-order valence-corrected chi connectivity index (χ4v) is 4.63. The Morgan fingerprint density at radius 1 is 0.568 bits per heavy atom. The van der Waals surface area contributed by atoms with Gasteiger partial charge in [-0.05, 0) is 36.8 Å². The van der Waals surface area contributed by atoms with Gasteiger partial charge in [0.15, 0.2) is 0 Å². The zero-order valence-corrected chi connectivity index (χ0v) is 22.2. The van der Waals surface area contributed by atoms with Crippen LogP contribution in [-0.2, 0) is 36.8 Å². The van der Waals surface area contributed by atoms with E-state index in [4.69, 9.17) is 28.8 Å². The highest BCUT2D eigenvalue weighted by molar-refractivity contribution is 5.17. The number of aliphatic hydroxyl groups is 1. The third kappa shape index (κ3) is 13.0. The quantitative estimate of drug-likeness (QED) is 0.267. The Hall–Kier alpha value is -1.84. The number of hydrogen-bond acceptors (Lipinski definition) is 7. The molecule has 1 aliphatic rings. The Morgan fingerprint density at radius 2 is 1.00 bits per heavy atom. The summed E-state index contributed by atoms with van der Waals surface area (Å²) >= 11 is 0. The van der Waals surface area contributed by atoms with Crippen LogP contribution < -0.4 is 0 Å². The maximum Gasteiger partial charge on any atom is 0.0704 e. The molecule has 1 N–H and O–H groups in total. The second kappa shape index (κ2) is 19.3. The van der Waals surface area contributed by atoms with E-state index in [-0.39, 0.29) is 6.61 Å². The molecule has 7 heteroatoms. The molecule has 37 heavy (non-hydrogen) atoms. The summed E-state index contributed by atoms with van der Waals surface area (Å²) in [6.07, 6.45) is 4.84. The van der Waals surface area contributed by atoms with E-state index in [1.54, 1.807) is 0 Å². The highest BCUT2D eigenvalue weighted by atomic mass is 16.6. The van der Waals surface area contributed by atoms with Crippen molar-refractivity contribution < 1.29 is 28.8 Å². The van der Waals surface area contributed by atoms with Crippen LogP contribution in [0.15, 0.2) is 60.7 Å². The second-order valence-corrected chi connectivity index (χ2v) is 9.35. The van der Waals surface area contributed by atoms with Crippen molar-refractivity contribution in [3.05, 3.63) is 71.8 Å². The number of hydrogen-bond donors (Lipinski definition) is 1. The Morgan fingerprint density at radius 3 is 1.46 bits per heavy atom. The molecule has 0 amide bonds. The maximum absolute atomic E-state index is 8.61. The average Bonchev–Trinajstić information content (AvgIpc) is 2.94. The topological polar surface area (TPSA) is 69.6 Å². The molecule has 1 aliphatic carbocycles. The molecule has 0 atom stereocenters. The van der Waals surface area contributed by atoms with Crippen molar-refractivity contribution >= 4 is 0 Å². The molecule has 0 radical (unpaired) electrons. The predicted molar refractivity (Wildman–Crippen MR) is 144 cm³/mol. The van der Waals surface area contributed by atoms with Gasteiger partial charge in [0.1, 0.15) is 0 Å². The summed E-state index contributed by atoms with van der Waals surface area (Å²) in [5, 5.41) is 8.61. The number of ether oxygens (including phenoxy) is 5. The van der Waals surface area contributed by atoms with E-state index in [0.717, 1.165) is 38.8 Å². The first-order valence-electron chi connectivity index (χ1n) is 13.7. The van der Waals surface area contributed by atoms with Crippen LogP contribution in [-0.4, -0.2) is 88.2 Å². The summed E-state index contributed by atoms with van der Waals surface area (Å²) in [7, 11) is 0. The third-order valence-electron chi connectivity index (χ3n) is 6.55. The van der Waals surface area contributed by atoms with Crippen LogP contribution in [0.4, 0.5) is 0 Å². The minimum Gasteiger partial charge on any atom is -0.394 e. The number of rotatable bonds is 20. The van der Waals surface area contributed by atoms with Crippen LogP contribution in [0.2, 0.25) is 0 Å². The zero-order chi connectivity index (χ0) is 25.8. The summed E-state index contributed by atoms with van der Waals surface area (Å²) in [5.74, 6) is 0. The van der Waals surface area contributed by atoms with Gasteiger partial charge in [-0.15, -0.1) is 0 Å². The van der Waals surface area contributed by atoms with Gasteiger partial charge >= 0.3 is 0 Å². The van der Waals surface area contributed by atoms with Crippen molar-refractivity contribution in [3.63, 3.8) is 0 Å². The largest absolute Gasteiger partial charge is 0.394 e. The molecule has 1 fully saturated rings. The summed E-state index contributed by atoms with van der Waals surface area (Å²) < 4.78 is 27.8. The first-order chi connectivity index (χ1) is 18.3. The Kier molecular flexibility index (Phi) is 15.5. The first-order valence-corrected chi connectivity index (χ1v) is 13.7. The van der Waals surface area contributed by atoms with E-state index in [2.05, 4.69) is 65.6 Å². The number of benzene rings is 2. The third-order valence-corrected chi connectivity index (χ3v) is 6.55. The smallest absolute Gasteiger partial charge is 0.0704 e. The van der Waals surface area contributed by atoms with Crippen molar-refractivity contribution in [3.8, 4) is 0 Å². The molecule has 7 nitrogen and oxygen atoms in total. The van der Waals surface area contributed by atoms with Crippen LogP contribution in [0.25, 0.3) is 0 Å². The maximum atomic E-state index is 8.61. The van der Waals surface area contributed by atoms with Crippen LogP contribution in [0.1, 0.15) is 36.8 Å². The van der Waals surface area contributed by atoms with Crippen LogP contribution in [0.3, 0.4) is 0 Å². The fraction of sp³-hybridized carbons (Fsp3) is 0.600. The monoisotopic (exact) mass is 515 g/mol. The highest BCUT2D eigenvalue weighted by Crippen LogP contribution is 2.27. The lowest BCUT2D eigenvalue weighted by Crippen LogP contribution is -2.39. The van der Waals surface area contributed by atoms with E-state index in [9.17, 15) is 0 Å². The molecule has 206 valence electrons. The lowest BCUT2D eigenvalue weighted by molar-refractivity contribution is -0.0369. The van der Waals surface area contributed by atoms with Crippen molar-refractivity contribution in [2.45, 2.75) is 50.9 Å². The number of aliphatic hydroxyl groups excluding tert-OH is 1. The Labute approximate surface area is 222 Å². The molecular weight excluding hydrogens is 470 g/mol. The summed E-state index contributed by atoms with van der Waals surface area (Å²) in [6, 6.07) is 22.2. The first kappa shape index (κ1) is 29.7. The second-order valence-electron chi connectivity index (χ2n) is 9.35. The molecule has 2 aromatic carbocycles. The summed E-state index contributed by atoms with van der Waals surface area (Å²) in [4.78, 5) is 2.64. The predicted octanol–water partition coefficient (Wildman–Crippen LogP) is 4.08. The van der Waals surface area contributed by atoms with Crippen molar-refractivity contribution in [1.29, 1.82) is 0 Å². The Bertz CT molecular complexity index is 744. The van der Waals surface area contributed by atoms with Crippen molar-refractivity contribution in [1.82, 2.24) is 4.90 Å². The molecule has 0 bridgehead atoms. The van der Waals surface area contributed by atoms with Gasteiger partial charge in [0.2, 0.25) is 0 Å². The molecule has 0 aliphatic heterocycles. The van der Waals surface area contributed by atoms with Gasteiger partial charge in [-0.2, -0.15) is 0 Å². The molecule has 1 saturated carbocycles. The number of nitrogens with zero attached hydrogens (tertiary/aromatic N) is 1. The van der Waals surface area contributed by atoms with Gasteiger partial charge in [0, 0.05) is 19.1 Å². The minimum absolute atomic E-state index is 0.0401. The van der Waals surface area contributed by atoms with Gasteiger partial charge in [-0.25, -0.2) is 0 Å². The van der Waals surface area contributed by atoms with Gasteiger partial charge in [-0.1, -0.05) is 60.7 Å². The lowest BCUT2D eigenvalue weighted by atomic mass is 9.91. The Balaban J connectivity index is 1.24. The standard InChI is InChI=1S/C30H45NO6/c32-15-16-33-17-18-34-19-20-35-21-22-36-23-24-37-30-13-11-29(12-14-30)31(25-27-7-3-1-4-8-27)26-28-9-5-2-6-10-28/h1-10,29-30,32H,11-26H2. The lowest BCUT2D eigenvalue weighted by Gasteiger charge is -2.37. The zero-order valence-electron chi connectivity index (χ0n) is 22.2. The van der Waals surface area contributed by atoms with Gasteiger partial charge in [-0.3, -0.25) is 4.90 Å². The molecule has 0 spiro atoms. The van der Waals surface area contributed by atoms with E-state index >= 15 is 0 Å². The summed E-state index contributed by atoms with van der Waals surface area (Å²) in [5.41, 5.74) is 2.74. The van der Waals surface area contributed by atoms with Gasteiger partial charge < -0.3 is 28.8 Å². The highest BCUT2D eigenvalue weighted by Gasteiger charge is 2.26. The summed E-state index contributed by atoms with van der Waals surface area (Å²) in [6.45, 7) is 6.75. The molecule has 0 aromatic heterocycles. The van der Waals surface area contributed by atoms with E-state index < -0.39 is 0 Å². The molecular formula is C30H45NO6. The van der Waals surface area contributed by atoms with Crippen LogP contribution in [0, 0.1) is 0 Å². The minimum atomic E-state index is 0.0401. The molecule has 0 unspecified atom stereocenters. The van der Waals surface area contributed by atoms with Gasteiger partial charge in [0.25, 0.3) is 0 Å². The van der Waals surface area contributed by atoms with E-state index in [1.165, 1.54) is 11.1 Å². The van der Waals surface area contributed by atoms with Crippen LogP contribution in [0.5, 0.6) is 0 Å². The van der Waals surface area contributed by atoms with Crippen molar-refractivity contribution in [2.24, 2.45) is 0 Å². The fourth-order valence-electron chi connectivity index (χ4n) is 4.63. The molecule has 3 rings (SSSR count). The van der Waals surface area contributed by atoms with Crippen molar-refractivity contribution in [2.75, 3.05) is 66.1 Å². The van der Waals surface area contributed by atoms with E-state index in [0.29, 0.717) is 71.6 Å². The van der Waals surface area contributed by atoms with Crippen LogP contribution >= 0.6 is 0 Å². The normalized spacial score (nSPS) is 17.9. The molecule has 0 heterocycles. The molecule has 2 aromatic rings. The molecule has 0 saturated heterocycles. The van der Waals surface area contributed by atoms with E-state index in [1.807, 2.05) is 0 Å². The average molecular weight is 516 g/mol. The van der Waals surface area contributed by atoms with Gasteiger partial charge in [0.05, 0.1) is 72.2 Å². The SMILES string of the molecule is OCCOCCOCCOCCOCCOC1CCC(N(Cc2ccccc2)Cc2ccccc2)CC1.